The molecule has 0 bridgehead atoms. The average Bonchev–Trinajstić information content (AvgIpc) is 3.28. The summed E-state index contributed by atoms with van der Waals surface area (Å²) in [6.07, 6.45) is 1.59. The Hall–Kier alpha value is -2.03. The van der Waals surface area contributed by atoms with Gasteiger partial charge in [0, 0.05) is 24.2 Å². The first-order valence-electron chi connectivity index (χ1n) is 7.40. The van der Waals surface area contributed by atoms with E-state index in [9.17, 15) is 0 Å². The number of hydrogen-bond acceptors (Lipinski definition) is 8. The topological polar surface area (TPSA) is 77.4 Å². The Morgan fingerprint density at radius 3 is 3.13 bits per heavy atom. The van der Waals surface area contributed by atoms with Crippen LogP contribution in [0.15, 0.2) is 32.6 Å². The van der Waals surface area contributed by atoms with Crippen molar-refractivity contribution in [2.24, 2.45) is 0 Å². The van der Waals surface area contributed by atoms with Crippen LogP contribution in [-0.2, 0) is 11.3 Å². The van der Waals surface area contributed by atoms with E-state index in [2.05, 4.69) is 20.1 Å². The highest BCUT2D eigenvalue weighted by Crippen LogP contribution is 2.26. The van der Waals surface area contributed by atoms with Crippen molar-refractivity contribution in [3.63, 3.8) is 0 Å². The minimum absolute atomic E-state index is 0.00918. The van der Waals surface area contributed by atoms with Gasteiger partial charge < -0.3 is 13.6 Å². The molecule has 1 aliphatic heterocycles. The summed E-state index contributed by atoms with van der Waals surface area (Å²) in [6, 6.07) is 3.59. The van der Waals surface area contributed by atoms with Crippen LogP contribution in [0.25, 0.3) is 11.7 Å². The molecule has 3 aromatic rings. The average molecular weight is 332 g/mol. The summed E-state index contributed by atoms with van der Waals surface area (Å²) in [7, 11) is 0. The van der Waals surface area contributed by atoms with Crippen molar-refractivity contribution in [2.45, 2.75) is 19.6 Å². The van der Waals surface area contributed by atoms with Crippen molar-refractivity contribution in [1.82, 2.24) is 20.1 Å². The van der Waals surface area contributed by atoms with Crippen LogP contribution in [0.3, 0.4) is 0 Å². The maximum Gasteiger partial charge on any atom is 0.283 e. The number of furan rings is 1. The molecular weight excluding hydrogens is 316 g/mol. The van der Waals surface area contributed by atoms with E-state index in [1.165, 1.54) is 0 Å². The Kier molecular flexibility index (Phi) is 3.94. The Balaban J connectivity index is 1.42. The molecule has 1 atom stereocenters. The van der Waals surface area contributed by atoms with Gasteiger partial charge in [-0.05, 0) is 19.1 Å². The van der Waals surface area contributed by atoms with Crippen LogP contribution < -0.4 is 0 Å². The predicted molar refractivity (Wildman–Crippen MR) is 82.8 cm³/mol. The summed E-state index contributed by atoms with van der Waals surface area (Å²) in [4.78, 5) is 6.76. The summed E-state index contributed by atoms with van der Waals surface area (Å²) in [6.45, 7) is 4.86. The molecule has 0 N–H and O–H groups in total. The standard InChI is InChI=1S/C15H16N4O3S/c1-10-9-23-15(16-10)12-7-19(4-6-21-12)8-13-17-18-14(22-13)11-3-2-5-20-11/h2-3,5,9,12H,4,6-8H2,1H3. The highest BCUT2D eigenvalue weighted by Gasteiger charge is 2.25. The molecule has 3 aromatic heterocycles. The van der Waals surface area contributed by atoms with E-state index in [4.69, 9.17) is 13.6 Å². The van der Waals surface area contributed by atoms with Crippen molar-refractivity contribution in [3.05, 3.63) is 40.4 Å². The lowest BCUT2D eigenvalue weighted by Gasteiger charge is -2.30. The fraction of sp³-hybridized carbons (Fsp3) is 0.400. The van der Waals surface area contributed by atoms with E-state index >= 15 is 0 Å². The highest BCUT2D eigenvalue weighted by molar-refractivity contribution is 7.09. The summed E-state index contributed by atoms with van der Waals surface area (Å²) < 4.78 is 16.8. The summed E-state index contributed by atoms with van der Waals surface area (Å²) in [5, 5.41) is 11.2. The minimum Gasteiger partial charge on any atom is -0.459 e. The Bertz CT molecular complexity index is 767. The summed E-state index contributed by atoms with van der Waals surface area (Å²) >= 11 is 1.64. The predicted octanol–water partition coefficient (Wildman–Crippen LogP) is 2.67. The third kappa shape index (κ3) is 3.19. The number of hydrogen-bond donors (Lipinski definition) is 0. The third-order valence-electron chi connectivity index (χ3n) is 3.62. The smallest absolute Gasteiger partial charge is 0.283 e. The lowest BCUT2D eigenvalue weighted by atomic mass is 10.3. The van der Waals surface area contributed by atoms with Gasteiger partial charge in [-0.25, -0.2) is 4.98 Å². The molecule has 1 fully saturated rings. The van der Waals surface area contributed by atoms with Crippen LogP contribution in [0.4, 0.5) is 0 Å². The molecule has 23 heavy (non-hydrogen) atoms. The zero-order valence-electron chi connectivity index (χ0n) is 12.6. The molecule has 1 saturated heterocycles. The van der Waals surface area contributed by atoms with Crippen LogP contribution in [-0.4, -0.2) is 39.8 Å². The van der Waals surface area contributed by atoms with Crippen molar-refractivity contribution < 1.29 is 13.6 Å². The number of rotatable bonds is 4. The van der Waals surface area contributed by atoms with E-state index < -0.39 is 0 Å². The van der Waals surface area contributed by atoms with Crippen LogP contribution in [0, 0.1) is 6.92 Å². The second kappa shape index (κ2) is 6.23. The molecule has 0 amide bonds. The Morgan fingerprint density at radius 2 is 2.35 bits per heavy atom. The van der Waals surface area contributed by atoms with Gasteiger partial charge in [0.2, 0.25) is 5.89 Å². The summed E-state index contributed by atoms with van der Waals surface area (Å²) in [5.74, 6) is 1.57. The number of aryl methyl sites for hydroxylation is 1. The molecule has 120 valence electrons. The lowest BCUT2D eigenvalue weighted by molar-refractivity contribution is -0.0352. The van der Waals surface area contributed by atoms with Gasteiger partial charge >= 0.3 is 0 Å². The molecule has 0 radical (unpaired) electrons. The minimum atomic E-state index is 0.00918. The monoisotopic (exact) mass is 332 g/mol. The van der Waals surface area contributed by atoms with Gasteiger partial charge in [-0.3, -0.25) is 4.90 Å². The molecule has 0 spiro atoms. The zero-order chi connectivity index (χ0) is 15.6. The maximum absolute atomic E-state index is 5.83. The molecule has 8 heteroatoms. The molecule has 4 rings (SSSR count). The normalized spacial score (nSPS) is 19.3. The summed E-state index contributed by atoms with van der Waals surface area (Å²) in [5.41, 5.74) is 1.03. The van der Waals surface area contributed by atoms with Gasteiger partial charge in [-0.2, -0.15) is 0 Å². The first-order chi connectivity index (χ1) is 11.3. The molecule has 0 aromatic carbocycles. The van der Waals surface area contributed by atoms with Crippen LogP contribution >= 0.6 is 11.3 Å². The second-order valence-corrected chi connectivity index (χ2v) is 6.29. The number of thiazole rings is 1. The quantitative estimate of drug-likeness (QED) is 0.727. The zero-order valence-corrected chi connectivity index (χ0v) is 13.5. The van der Waals surface area contributed by atoms with Gasteiger partial charge in [-0.1, -0.05) is 0 Å². The largest absolute Gasteiger partial charge is 0.459 e. The number of nitrogens with zero attached hydrogens (tertiary/aromatic N) is 4. The van der Waals surface area contributed by atoms with E-state index in [1.54, 1.807) is 29.7 Å². The van der Waals surface area contributed by atoms with Crippen LogP contribution in [0.1, 0.15) is 22.7 Å². The van der Waals surface area contributed by atoms with Gasteiger partial charge in [0.25, 0.3) is 5.89 Å². The molecule has 4 heterocycles. The molecule has 1 aliphatic rings. The van der Waals surface area contributed by atoms with E-state index in [-0.39, 0.29) is 6.10 Å². The number of aromatic nitrogens is 3. The van der Waals surface area contributed by atoms with Gasteiger partial charge in [-0.15, -0.1) is 21.5 Å². The molecule has 7 nitrogen and oxygen atoms in total. The van der Waals surface area contributed by atoms with E-state index in [0.29, 0.717) is 30.7 Å². The van der Waals surface area contributed by atoms with Crippen molar-refractivity contribution in [2.75, 3.05) is 19.7 Å². The second-order valence-electron chi connectivity index (χ2n) is 5.40. The van der Waals surface area contributed by atoms with Crippen LogP contribution in [0.5, 0.6) is 0 Å². The molecule has 1 unspecified atom stereocenters. The van der Waals surface area contributed by atoms with Gasteiger partial charge in [0.15, 0.2) is 5.76 Å². The van der Waals surface area contributed by atoms with Crippen molar-refractivity contribution >= 4 is 11.3 Å². The number of ether oxygens (including phenoxy) is 1. The highest BCUT2D eigenvalue weighted by atomic mass is 32.1. The van der Waals surface area contributed by atoms with Crippen molar-refractivity contribution in [3.8, 4) is 11.7 Å². The maximum atomic E-state index is 5.83. The Labute approximate surface area is 136 Å². The van der Waals surface area contributed by atoms with Gasteiger partial charge in [0.1, 0.15) is 11.1 Å². The van der Waals surface area contributed by atoms with Crippen LogP contribution in [0.2, 0.25) is 0 Å². The SMILES string of the molecule is Cc1csc(C2CN(Cc3nnc(-c4ccco4)o3)CCO2)n1. The van der Waals surface area contributed by atoms with Crippen molar-refractivity contribution in [1.29, 1.82) is 0 Å². The molecular formula is C15H16N4O3S. The lowest BCUT2D eigenvalue weighted by Crippen LogP contribution is -2.37. The first-order valence-corrected chi connectivity index (χ1v) is 8.28. The van der Waals surface area contributed by atoms with Gasteiger partial charge in [0.05, 0.1) is 19.4 Å². The third-order valence-corrected chi connectivity index (χ3v) is 4.68. The Morgan fingerprint density at radius 1 is 1.39 bits per heavy atom. The first kappa shape index (κ1) is 14.6. The van der Waals surface area contributed by atoms with E-state index in [0.717, 1.165) is 23.8 Å². The fourth-order valence-electron chi connectivity index (χ4n) is 2.52. The molecule has 0 aliphatic carbocycles. The number of morpholine rings is 1. The molecule has 0 saturated carbocycles. The fourth-order valence-corrected chi connectivity index (χ4v) is 3.36. The van der Waals surface area contributed by atoms with E-state index in [1.807, 2.05) is 12.3 Å².